The molecular formula is C25H17F3N3+. The molecule has 0 atom stereocenters. The topological polar surface area (TPSA) is 21.2 Å². The van der Waals surface area contributed by atoms with Gasteiger partial charge in [-0.1, -0.05) is 36.4 Å². The predicted molar refractivity (Wildman–Crippen MR) is 115 cm³/mol. The van der Waals surface area contributed by atoms with Gasteiger partial charge in [0.25, 0.3) is 6.33 Å². The Balaban J connectivity index is 1.93. The molecule has 152 valence electrons. The number of benzene rings is 3. The van der Waals surface area contributed by atoms with Gasteiger partial charge in [0, 0.05) is 21.7 Å². The van der Waals surface area contributed by atoms with Crippen molar-refractivity contribution >= 4 is 38.1 Å². The summed E-state index contributed by atoms with van der Waals surface area (Å²) in [7, 11) is 1.74. The molecule has 31 heavy (non-hydrogen) atoms. The Morgan fingerprint density at radius 1 is 0.806 bits per heavy atom. The second kappa shape index (κ2) is 5.94. The van der Waals surface area contributed by atoms with Gasteiger partial charge in [0.2, 0.25) is 0 Å². The van der Waals surface area contributed by atoms with Gasteiger partial charge in [0.15, 0.2) is 28.7 Å². The van der Waals surface area contributed by atoms with Crippen molar-refractivity contribution in [1.82, 2.24) is 9.38 Å². The average molecular weight is 416 g/mol. The fourth-order valence-corrected chi connectivity index (χ4v) is 4.94. The van der Waals surface area contributed by atoms with E-state index < -0.39 is 17.5 Å². The van der Waals surface area contributed by atoms with Crippen LogP contribution in [0.3, 0.4) is 0 Å². The minimum Gasteiger partial charge on any atom is -0.304 e. The maximum absolute atomic E-state index is 15.2. The molecule has 0 saturated carbocycles. The maximum atomic E-state index is 15.2. The second-order valence-corrected chi connectivity index (χ2v) is 8.02. The highest BCUT2D eigenvalue weighted by atomic mass is 19.2. The van der Waals surface area contributed by atoms with Gasteiger partial charge in [-0.2, -0.15) is 0 Å². The third kappa shape index (κ3) is 2.09. The van der Waals surface area contributed by atoms with Crippen LogP contribution in [0.2, 0.25) is 0 Å². The van der Waals surface area contributed by atoms with Crippen LogP contribution in [0.1, 0.15) is 11.1 Å². The van der Waals surface area contributed by atoms with Gasteiger partial charge in [0.1, 0.15) is 5.39 Å². The maximum Gasteiger partial charge on any atom is 0.287 e. The fraction of sp³-hybridized carbons (Fsp3) is 0.120. The minimum absolute atomic E-state index is 0.00738. The van der Waals surface area contributed by atoms with E-state index in [1.165, 1.54) is 13.3 Å². The summed E-state index contributed by atoms with van der Waals surface area (Å²) in [6.45, 7) is 3.40. The Kier molecular flexibility index (Phi) is 3.47. The molecular weight excluding hydrogens is 399 g/mol. The third-order valence-electron chi connectivity index (χ3n) is 6.38. The largest absolute Gasteiger partial charge is 0.304 e. The Morgan fingerprint density at radius 2 is 1.52 bits per heavy atom. The van der Waals surface area contributed by atoms with Crippen LogP contribution in [0, 0.1) is 31.3 Å². The highest BCUT2D eigenvalue weighted by Crippen LogP contribution is 2.42. The summed E-state index contributed by atoms with van der Waals surface area (Å²) in [5.74, 6) is -3.90. The average Bonchev–Trinajstić information content (AvgIpc) is 3.27. The summed E-state index contributed by atoms with van der Waals surface area (Å²) in [5, 5.41) is 3.19. The molecule has 0 amide bonds. The summed E-state index contributed by atoms with van der Waals surface area (Å²) in [6.07, 6.45) is 1.52. The molecule has 6 rings (SSSR count). The number of nitrogens with zero attached hydrogens (tertiary/aromatic N) is 3. The molecule has 0 fully saturated rings. The van der Waals surface area contributed by atoms with Crippen molar-refractivity contribution in [2.24, 2.45) is 7.05 Å². The molecule has 3 nitrogen and oxygen atoms in total. The predicted octanol–water partition coefficient (Wildman–Crippen LogP) is 5.76. The zero-order chi connectivity index (χ0) is 21.6. The van der Waals surface area contributed by atoms with Gasteiger partial charge in [-0.3, -0.25) is 0 Å². The summed E-state index contributed by atoms with van der Waals surface area (Å²) < 4.78 is 47.8. The zero-order valence-electron chi connectivity index (χ0n) is 17.1. The van der Waals surface area contributed by atoms with Gasteiger partial charge in [-0.15, -0.1) is 0 Å². The smallest absolute Gasteiger partial charge is 0.287 e. The van der Waals surface area contributed by atoms with Crippen LogP contribution in [-0.4, -0.2) is 9.38 Å². The van der Waals surface area contributed by atoms with Crippen LogP contribution >= 0.6 is 0 Å². The van der Waals surface area contributed by atoms with Crippen molar-refractivity contribution in [3.63, 3.8) is 0 Å². The number of rotatable bonds is 1. The van der Waals surface area contributed by atoms with E-state index >= 15 is 4.39 Å². The van der Waals surface area contributed by atoms with Gasteiger partial charge in [-0.25, -0.2) is 17.7 Å². The highest BCUT2D eigenvalue weighted by molar-refractivity contribution is 6.17. The molecule has 3 aromatic heterocycles. The number of hydrogen-bond acceptors (Lipinski definition) is 1. The lowest BCUT2D eigenvalue weighted by Crippen LogP contribution is -2.33. The van der Waals surface area contributed by atoms with Gasteiger partial charge < -0.3 is 4.40 Å². The van der Waals surface area contributed by atoms with E-state index in [-0.39, 0.29) is 16.5 Å². The first-order valence-corrected chi connectivity index (χ1v) is 9.97. The number of fused-ring (bicyclic) bond motifs is 4. The molecule has 6 aromatic rings. The lowest BCUT2D eigenvalue weighted by Gasteiger charge is -2.11. The van der Waals surface area contributed by atoms with E-state index in [0.717, 1.165) is 38.4 Å². The molecule has 0 unspecified atom stereocenters. The van der Waals surface area contributed by atoms with Crippen molar-refractivity contribution in [3.8, 4) is 11.4 Å². The van der Waals surface area contributed by atoms with Gasteiger partial charge in [0.05, 0.1) is 23.8 Å². The number of halogens is 3. The first kappa shape index (κ1) is 18.1. The summed E-state index contributed by atoms with van der Waals surface area (Å²) in [6, 6.07) is 14.1. The first-order valence-electron chi connectivity index (χ1n) is 9.97. The Labute approximate surface area is 175 Å². The molecule has 0 aliphatic carbocycles. The number of hydrogen-bond donors (Lipinski definition) is 0. The highest BCUT2D eigenvalue weighted by Gasteiger charge is 2.31. The summed E-state index contributed by atoms with van der Waals surface area (Å²) in [5.41, 5.74) is 4.26. The monoisotopic (exact) mass is 416 g/mol. The standard InChI is InChI=1S/C25H17F3N3/c1-12-14-8-6-9-16-15-7-4-5-10-17(15)31(24(14)16)23(12)25-18-20(27)21(28)19(26)13(2)22(18)29-11-30(25)3/h4-11H,1-3H3/q+1. The van der Waals surface area contributed by atoms with Crippen molar-refractivity contribution in [1.29, 1.82) is 0 Å². The first-order chi connectivity index (χ1) is 14.9. The van der Waals surface area contributed by atoms with Crippen molar-refractivity contribution in [2.45, 2.75) is 13.8 Å². The lowest BCUT2D eigenvalue weighted by atomic mass is 10.0. The third-order valence-corrected chi connectivity index (χ3v) is 6.38. The van der Waals surface area contributed by atoms with Gasteiger partial charge >= 0.3 is 0 Å². The van der Waals surface area contributed by atoms with E-state index in [1.54, 1.807) is 11.6 Å². The van der Waals surface area contributed by atoms with Crippen LogP contribution in [0.15, 0.2) is 48.8 Å². The molecule has 0 bridgehead atoms. The fourth-order valence-electron chi connectivity index (χ4n) is 4.94. The summed E-state index contributed by atoms with van der Waals surface area (Å²) in [4.78, 5) is 4.23. The van der Waals surface area contributed by atoms with E-state index in [9.17, 15) is 8.78 Å². The van der Waals surface area contributed by atoms with Crippen molar-refractivity contribution in [3.05, 3.63) is 77.4 Å². The van der Waals surface area contributed by atoms with E-state index in [1.807, 2.05) is 37.3 Å². The van der Waals surface area contributed by atoms with Gasteiger partial charge in [-0.05, 0) is 30.5 Å². The number of aryl methyl sites for hydroxylation is 3. The van der Waals surface area contributed by atoms with Crippen LogP contribution in [0.4, 0.5) is 13.2 Å². The molecule has 3 heterocycles. The molecule has 0 N–H and O–H groups in total. The van der Waals surface area contributed by atoms with Crippen LogP contribution in [0.25, 0.3) is 49.5 Å². The lowest BCUT2D eigenvalue weighted by molar-refractivity contribution is -0.662. The van der Waals surface area contributed by atoms with E-state index in [4.69, 9.17) is 0 Å². The molecule has 0 aliphatic rings. The van der Waals surface area contributed by atoms with Crippen LogP contribution in [-0.2, 0) is 7.05 Å². The van der Waals surface area contributed by atoms with E-state index in [2.05, 4.69) is 21.5 Å². The Morgan fingerprint density at radius 3 is 2.32 bits per heavy atom. The van der Waals surface area contributed by atoms with Crippen LogP contribution < -0.4 is 4.57 Å². The normalized spacial score (nSPS) is 12.2. The SMILES string of the molecule is Cc1c(-c2c3c(F)c(F)c(F)c(C)c3nc[n+]2C)n2c3ccccc3c3cccc1c32. The molecule has 0 aliphatic heterocycles. The molecule has 0 spiro atoms. The zero-order valence-corrected chi connectivity index (χ0v) is 17.1. The molecule has 6 heteroatoms. The van der Waals surface area contributed by atoms with E-state index in [0.29, 0.717) is 5.69 Å². The molecule has 0 saturated heterocycles. The molecule has 3 aromatic carbocycles. The van der Waals surface area contributed by atoms with Crippen molar-refractivity contribution in [2.75, 3.05) is 0 Å². The quantitative estimate of drug-likeness (QED) is 0.247. The van der Waals surface area contributed by atoms with Crippen molar-refractivity contribution < 1.29 is 17.7 Å². The number of aromatic nitrogens is 3. The van der Waals surface area contributed by atoms with Crippen LogP contribution in [0.5, 0.6) is 0 Å². The Bertz CT molecular complexity index is 1700. The summed E-state index contributed by atoms with van der Waals surface area (Å²) >= 11 is 0. The minimum atomic E-state index is -1.48. The number of para-hydroxylation sites is 2. The Hall–Kier alpha value is -3.67. The second-order valence-electron chi connectivity index (χ2n) is 8.02. The molecule has 0 radical (unpaired) electrons.